The molecule has 1 aromatic carbocycles. The second kappa shape index (κ2) is 8.17. The lowest BCUT2D eigenvalue weighted by molar-refractivity contribution is 0.102. The predicted molar refractivity (Wildman–Crippen MR) is 106 cm³/mol. The van der Waals surface area contributed by atoms with E-state index in [1.54, 1.807) is 33.9 Å². The minimum atomic E-state index is -0.418. The lowest BCUT2D eigenvalue weighted by atomic mass is 10.3. The molecule has 0 aliphatic carbocycles. The van der Waals surface area contributed by atoms with E-state index in [0.29, 0.717) is 28.9 Å². The molecule has 0 aliphatic heterocycles. The first-order valence-corrected chi connectivity index (χ1v) is 9.29. The Balaban J connectivity index is 1.84. The van der Waals surface area contributed by atoms with E-state index in [0.717, 1.165) is 0 Å². The van der Waals surface area contributed by atoms with Crippen LogP contribution in [0, 0.1) is 0 Å². The van der Waals surface area contributed by atoms with Gasteiger partial charge in [-0.3, -0.25) is 19.0 Å². The van der Waals surface area contributed by atoms with Gasteiger partial charge in [0.2, 0.25) is 0 Å². The summed E-state index contributed by atoms with van der Waals surface area (Å²) in [4.78, 5) is 25.2. The number of hydrogen-bond donors (Lipinski definition) is 2. The summed E-state index contributed by atoms with van der Waals surface area (Å²) < 4.78 is 3.83. The Kier molecular flexibility index (Phi) is 5.70. The molecule has 2 N–H and O–H groups in total. The first-order valence-electron chi connectivity index (χ1n) is 8.50. The number of hydrogen-bond acceptors (Lipinski definition) is 4. The fourth-order valence-electron chi connectivity index (χ4n) is 2.45. The number of benzene rings is 1. The maximum Gasteiger partial charge on any atom is 0.278 e. The molecule has 3 aromatic rings. The van der Waals surface area contributed by atoms with Crippen molar-refractivity contribution in [3.8, 4) is 0 Å². The standard InChI is InChI=1S/C18H19BrN6O2/c1-3-24-10-13(19)15(22-24)17(26)21-14-11-25(4-2)23-16(14)18(27)20-12-8-6-5-7-9-12/h5-11H,3-4H2,1-2H3,(H,20,27)(H,21,26). The van der Waals surface area contributed by atoms with E-state index < -0.39 is 11.8 Å². The van der Waals surface area contributed by atoms with Gasteiger partial charge in [0.15, 0.2) is 11.4 Å². The smallest absolute Gasteiger partial charge is 0.278 e. The fourth-order valence-corrected chi connectivity index (χ4v) is 2.94. The fraction of sp³-hybridized carbons (Fsp3) is 0.222. The Hall–Kier alpha value is -2.94. The van der Waals surface area contributed by atoms with Crippen LogP contribution in [0.5, 0.6) is 0 Å². The number of halogens is 1. The third kappa shape index (κ3) is 4.25. The van der Waals surface area contributed by atoms with Crippen LogP contribution in [0.25, 0.3) is 0 Å². The van der Waals surface area contributed by atoms with Crippen molar-refractivity contribution in [2.75, 3.05) is 10.6 Å². The first kappa shape index (κ1) is 18.8. The number of aryl methyl sites for hydroxylation is 2. The van der Waals surface area contributed by atoms with E-state index in [4.69, 9.17) is 0 Å². The first-order chi connectivity index (χ1) is 13.0. The van der Waals surface area contributed by atoms with E-state index in [9.17, 15) is 9.59 Å². The highest BCUT2D eigenvalue weighted by Gasteiger charge is 2.21. The predicted octanol–water partition coefficient (Wildman–Crippen LogP) is 3.39. The highest BCUT2D eigenvalue weighted by atomic mass is 79.9. The quantitative estimate of drug-likeness (QED) is 0.626. The largest absolute Gasteiger partial charge is 0.321 e. The van der Waals surface area contributed by atoms with Gasteiger partial charge < -0.3 is 10.6 Å². The highest BCUT2D eigenvalue weighted by Crippen LogP contribution is 2.20. The monoisotopic (exact) mass is 430 g/mol. The maximum atomic E-state index is 12.6. The summed E-state index contributed by atoms with van der Waals surface area (Å²) in [6, 6.07) is 9.07. The summed E-state index contributed by atoms with van der Waals surface area (Å²) in [6.45, 7) is 5.04. The van der Waals surface area contributed by atoms with Gasteiger partial charge in [0.1, 0.15) is 0 Å². The third-order valence-electron chi connectivity index (χ3n) is 3.84. The number of rotatable bonds is 6. The maximum absolute atomic E-state index is 12.6. The normalized spacial score (nSPS) is 10.6. The van der Waals surface area contributed by atoms with E-state index in [-0.39, 0.29) is 11.4 Å². The zero-order valence-corrected chi connectivity index (χ0v) is 16.5. The van der Waals surface area contributed by atoms with Crippen molar-refractivity contribution < 1.29 is 9.59 Å². The molecule has 0 saturated carbocycles. The molecular formula is C18H19BrN6O2. The number of anilines is 2. The zero-order chi connectivity index (χ0) is 19.4. The summed E-state index contributed by atoms with van der Waals surface area (Å²) in [7, 11) is 0. The van der Waals surface area contributed by atoms with Crippen molar-refractivity contribution in [1.29, 1.82) is 0 Å². The van der Waals surface area contributed by atoms with Gasteiger partial charge in [0.25, 0.3) is 11.8 Å². The highest BCUT2D eigenvalue weighted by molar-refractivity contribution is 9.10. The van der Waals surface area contributed by atoms with Crippen LogP contribution in [-0.4, -0.2) is 31.4 Å². The van der Waals surface area contributed by atoms with Gasteiger partial charge in [-0.05, 0) is 41.9 Å². The van der Waals surface area contributed by atoms with Crippen molar-refractivity contribution >= 4 is 39.1 Å². The van der Waals surface area contributed by atoms with Gasteiger partial charge in [0, 0.05) is 31.2 Å². The van der Waals surface area contributed by atoms with E-state index in [1.807, 2.05) is 32.0 Å². The summed E-state index contributed by atoms with van der Waals surface area (Å²) in [5, 5.41) is 14.0. The van der Waals surface area contributed by atoms with Gasteiger partial charge in [-0.15, -0.1) is 0 Å². The zero-order valence-electron chi connectivity index (χ0n) is 14.9. The summed E-state index contributed by atoms with van der Waals surface area (Å²) in [6.07, 6.45) is 3.36. The molecule has 140 valence electrons. The Morgan fingerprint density at radius 2 is 1.52 bits per heavy atom. The van der Waals surface area contributed by atoms with Crippen LogP contribution in [0.1, 0.15) is 34.8 Å². The molecule has 9 heteroatoms. The van der Waals surface area contributed by atoms with Crippen molar-refractivity contribution in [1.82, 2.24) is 19.6 Å². The SMILES string of the molecule is CCn1cc(Br)c(C(=O)Nc2cn(CC)nc2C(=O)Nc2ccccc2)n1. The Bertz CT molecular complexity index is 964. The second-order valence-corrected chi connectivity index (χ2v) is 6.56. The molecule has 0 aliphatic rings. The lowest BCUT2D eigenvalue weighted by Gasteiger charge is -2.06. The second-order valence-electron chi connectivity index (χ2n) is 5.70. The Morgan fingerprint density at radius 3 is 2.15 bits per heavy atom. The molecule has 0 saturated heterocycles. The van der Waals surface area contributed by atoms with Crippen LogP contribution in [-0.2, 0) is 13.1 Å². The van der Waals surface area contributed by atoms with Gasteiger partial charge in [-0.25, -0.2) is 0 Å². The Labute approximate surface area is 164 Å². The van der Waals surface area contributed by atoms with E-state index in [1.165, 1.54) is 0 Å². The molecule has 2 aromatic heterocycles. The third-order valence-corrected chi connectivity index (χ3v) is 4.42. The van der Waals surface area contributed by atoms with Crippen LogP contribution in [0.4, 0.5) is 11.4 Å². The Morgan fingerprint density at radius 1 is 0.926 bits per heavy atom. The number of amides is 2. The molecule has 0 bridgehead atoms. The number of carbonyl (C=O) groups is 2. The minimum absolute atomic E-state index is 0.139. The van der Waals surface area contributed by atoms with E-state index >= 15 is 0 Å². The van der Waals surface area contributed by atoms with Crippen molar-refractivity contribution in [3.05, 3.63) is 58.6 Å². The topological polar surface area (TPSA) is 93.8 Å². The molecule has 2 heterocycles. The van der Waals surface area contributed by atoms with E-state index in [2.05, 4.69) is 36.8 Å². The lowest BCUT2D eigenvalue weighted by Crippen LogP contribution is -2.18. The number of nitrogens with one attached hydrogen (secondary N) is 2. The molecule has 0 fully saturated rings. The summed E-state index contributed by atoms with van der Waals surface area (Å²) in [5.74, 6) is -0.819. The van der Waals surface area contributed by atoms with Crippen LogP contribution in [0.3, 0.4) is 0 Å². The van der Waals surface area contributed by atoms with Gasteiger partial charge in [0.05, 0.1) is 10.2 Å². The van der Waals surface area contributed by atoms with Crippen LogP contribution in [0.15, 0.2) is 47.2 Å². The molecule has 3 rings (SSSR count). The van der Waals surface area contributed by atoms with Crippen LogP contribution < -0.4 is 10.6 Å². The van der Waals surface area contributed by atoms with Crippen LogP contribution >= 0.6 is 15.9 Å². The van der Waals surface area contributed by atoms with Crippen molar-refractivity contribution in [2.24, 2.45) is 0 Å². The number of nitrogens with zero attached hydrogens (tertiary/aromatic N) is 4. The molecule has 0 radical (unpaired) electrons. The van der Waals surface area contributed by atoms with Gasteiger partial charge >= 0.3 is 0 Å². The summed E-state index contributed by atoms with van der Waals surface area (Å²) >= 11 is 3.34. The summed E-state index contributed by atoms with van der Waals surface area (Å²) in [5.41, 5.74) is 1.36. The number of aromatic nitrogens is 4. The van der Waals surface area contributed by atoms with Crippen LogP contribution in [0.2, 0.25) is 0 Å². The average molecular weight is 431 g/mol. The molecular weight excluding hydrogens is 412 g/mol. The van der Waals surface area contributed by atoms with Crippen molar-refractivity contribution in [3.63, 3.8) is 0 Å². The minimum Gasteiger partial charge on any atom is -0.321 e. The molecule has 27 heavy (non-hydrogen) atoms. The molecule has 2 amide bonds. The molecule has 8 nitrogen and oxygen atoms in total. The molecule has 0 atom stereocenters. The van der Waals surface area contributed by atoms with Gasteiger partial charge in [-0.1, -0.05) is 18.2 Å². The van der Waals surface area contributed by atoms with Gasteiger partial charge in [-0.2, -0.15) is 10.2 Å². The molecule has 0 unspecified atom stereocenters. The number of para-hydroxylation sites is 1. The molecule has 0 spiro atoms. The number of carbonyl (C=O) groups excluding carboxylic acids is 2. The average Bonchev–Trinajstić information content (AvgIpc) is 3.25. The van der Waals surface area contributed by atoms with Crippen molar-refractivity contribution in [2.45, 2.75) is 26.9 Å².